The summed E-state index contributed by atoms with van der Waals surface area (Å²) in [6.07, 6.45) is 3.86. The van der Waals surface area contributed by atoms with E-state index >= 15 is 0 Å². The van der Waals surface area contributed by atoms with Gasteiger partial charge in [-0.3, -0.25) is 0 Å². The van der Waals surface area contributed by atoms with E-state index in [0.29, 0.717) is 0 Å². The molecule has 3 aromatic rings. The summed E-state index contributed by atoms with van der Waals surface area (Å²) in [5.41, 5.74) is 4.18. The molecule has 0 radical (unpaired) electrons. The normalized spacial score (nSPS) is 13.0. The van der Waals surface area contributed by atoms with Gasteiger partial charge < -0.3 is 5.32 Å². The molecule has 0 amide bonds. The first-order valence-corrected chi connectivity index (χ1v) is 7.83. The van der Waals surface area contributed by atoms with Crippen LogP contribution in [0.2, 0.25) is 0 Å². The molecule has 0 aliphatic rings. The summed E-state index contributed by atoms with van der Waals surface area (Å²) < 4.78 is 1.91. The lowest BCUT2D eigenvalue weighted by Gasteiger charge is -2.16. The molecule has 6 heteroatoms. The maximum Gasteiger partial charge on any atom is 0.155 e. The van der Waals surface area contributed by atoms with E-state index in [-0.39, 0.29) is 6.04 Å². The molecule has 3 rings (SSSR count). The van der Waals surface area contributed by atoms with Gasteiger partial charge in [0.15, 0.2) is 5.65 Å². The zero-order valence-electron chi connectivity index (χ0n) is 12.7. The molecule has 1 unspecified atom stereocenters. The van der Waals surface area contributed by atoms with E-state index in [1.165, 1.54) is 10.4 Å². The van der Waals surface area contributed by atoms with Crippen LogP contribution in [0.15, 0.2) is 18.5 Å². The highest BCUT2D eigenvalue weighted by Crippen LogP contribution is 2.19. The van der Waals surface area contributed by atoms with Crippen molar-refractivity contribution in [1.82, 2.24) is 24.9 Å². The predicted octanol–water partition coefficient (Wildman–Crippen LogP) is 2.96. The highest BCUT2D eigenvalue weighted by Gasteiger charge is 2.13. The number of nitrogens with zero attached hydrogens (tertiary/aromatic N) is 4. The summed E-state index contributed by atoms with van der Waals surface area (Å²) in [4.78, 5) is 10.1. The second kappa shape index (κ2) is 5.54. The first-order chi connectivity index (χ1) is 10.0. The number of fused-ring (bicyclic) bond motifs is 1. The van der Waals surface area contributed by atoms with E-state index in [9.17, 15) is 0 Å². The number of thiazole rings is 1. The third kappa shape index (κ3) is 2.82. The first-order valence-electron chi connectivity index (χ1n) is 7.01. The van der Waals surface area contributed by atoms with Crippen LogP contribution in [-0.4, -0.2) is 19.6 Å². The van der Waals surface area contributed by atoms with Gasteiger partial charge >= 0.3 is 0 Å². The molecule has 3 aromatic heterocycles. The Morgan fingerprint density at radius 3 is 2.76 bits per heavy atom. The number of nitrogens with one attached hydrogen (secondary N) is 1. The van der Waals surface area contributed by atoms with Gasteiger partial charge in [0, 0.05) is 47.2 Å². The third-order valence-corrected chi connectivity index (χ3v) is 4.49. The second-order valence-corrected chi connectivity index (χ2v) is 6.64. The number of aromatic nitrogens is 4. The molecular formula is C15H19N5S. The lowest BCUT2D eigenvalue weighted by molar-refractivity contribution is 0.563. The van der Waals surface area contributed by atoms with Gasteiger partial charge in [-0.25, -0.2) is 14.5 Å². The van der Waals surface area contributed by atoms with Crippen LogP contribution in [0.25, 0.3) is 5.65 Å². The maximum atomic E-state index is 4.49. The highest BCUT2D eigenvalue weighted by atomic mass is 32.1. The number of hydrogen-bond donors (Lipinski definition) is 1. The van der Waals surface area contributed by atoms with Crippen LogP contribution < -0.4 is 5.32 Å². The van der Waals surface area contributed by atoms with E-state index in [4.69, 9.17) is 0 Å². The van der Waals surface area contributed by atoms with Crippen molar-refractivity contribution < 1.29 is 0 Å². The molecule has 0 saturated carbocycles. The molecular weight excluding hydrogens is 282 g/mol. The molecule has 0 aliphatic carbocycles. The first kappa shape index (κ1) is 14.2. The number of rotatable bonds is 4. The van der Waals surface area contributed by atoms with Gasteiger partial charge in [0.25, 0.3) is 0 Å². The van der Waals surface area contributed by atoms with Crippen LogP contribution in [0, 0.1) is 20.8 Å². The third-order valence-electron chi connectivity index (χ3n) is 3.58. The molecule has 0 saturated heterocycles. The largest absolute Gasteiger partial charge is 0.304 e. The minimum atomic E-state index is 0.204. The SMILES string of the molecule is Cc1cc2ncc(C(C)NCc3ncc(C)s3)c(C)n2n1. The van der Waals surface area contributed by atoms with Crippen LogP contribution in [0.1, 0.15) is 39.8 Å². The van der Waals surface area contributed by atoms with Crippen molar-refractivity contribution in [2.75, 3.05) is 0 Å². The van der Waals surface area contributed by atoms with Gasteiger partial charge in [-0.05, 0) is 27.7 Å². The summed E-state index contributed by atoms with van der Waals surface area (Å²) in [6, 6.07) is 2.20. The van der Waals surface area contributed by atoms with Crippen molar-refractivity contribution in [3.05, 3.63) is 45.3 Å². The Balaban J connectivity index is 1.80. The van der Waals surface area contributed by atoms with Gasteiger partial charge in [-0.1, -0.05) is 0 Å². The van der Waals surface area contributed by atoms with E-state index in [2.05, 4.69) is 41.2 Å². The summed E-state index contributed by atoms with van der Waals surface area (Å²) in [5, 5.41) is 9.11. The minimum absolute atomic E-state index is 0.204. The quantitative estimate of drug-likeness (QED) is 0.805. The van der Waals surface area contributed by atoms with Crippen molar-refractivity contribution in [3.63, 3.8) is 0 Å². The molecule has 3 heterocycles. The summed E-state index contributed by atoms with van der Waals surface area (Å²) >= 11 is 1.73. The summed E-state index contributed by atoms with van der Waals surface area (Å²) in [5.74, 6) is 0. The molecule has 5 nitrogen and oxygen atoms in total. The van der Waals surface area contributed by atoms with Crippen LogP contribution in [0.4, 0.5) is 0 Å². The van der Waals surface area contributed by atoms with Crippen molar-refractivity contribution in [3.8, 4) is 0 Å². The molecule has 110 valence electrons. The fraction of sp³-hybridized carbons (Fsp3) is 0.400. The average Bonchev–Trinajstić information content (AvgIpc) is 3.02. The molecule has 0 fully saturated rings. The Morgan fingerprint density at radius 1 is 1.24 bits per heavy atom. The van der Waals surface area contributed by atoms with Crippen LogP contribution in [0.5, 0.6) is 0 Å². The zero-order chi connectivity index (χ0) is 15.0. The van der Waals surface area contributed by atoms with E-state index in [0.717, 1.165) is 28.6 Å². The lowest BCUT2D eigenvalue weighted by Crippen LogP contribution is -2.20. The van der Waals surface area contributed by atoms with Gasteiger partial charge in [-0.15, -0.1) is 11.3 Å². The molecule has 0 aliphatic heterocycles. The fourth-order valence-electron chi connectivity index (χ4n) is 2.43. The van der Waals surface area contributed by atoms with Crippen molar-refractivity contribution >= 4 is 17.0 Å². The van der Waals surface area contributed by atoms with E-state index in [1.54, 1.807) is 11.3 Å². The average molecular weight is 301 g/mol. The maximum absolute atomic E-state index is 4.49. The van der Waals surface area contributed by atoms with E-state index < -0.39 is 0 Å². The minimum Gasteiger partial charge on any atom is -0.304 e. The van der Waals surface area contributed by atoms with Gasteiger partial charge in [0.1, 0.15) is 5.01 Å². The van der Waals surface area contributed by atoms with Crippen LogP contribution >= 0.6 is 11.3 Å². The Hall–Kier alpha value is -1.79. The van der Waals surface area contributed by atoms with Crippen molar-refractivity contribution in [1.29, 1.82) is 0 Å². The standard InChI is InChI=1S/C15H19N5S/c1-9-5-14-17-7-13(12(4)20(14)19-9)11(3)16-8-15-18-6-10(2)21-15/h5-7,11,16H,8H2,1-4H3. The molecule has 1 atom stereocenters. The van der Waals surface area contributed by atoms with Gasteiger partial charge in [-0.2, -0.15) is 5.10 Å². The van der Waals surface area contributed by atoms with Crippen LogP contribution in [-0.2, 0) is 6.54 Å². The Labute approximate surface area is 128 Å². The zero-order valence-corrected chi connectivity index (χ0v) is 13.5. The summed E-state index contributed by atoms with van der Waals surface area (Å²) in [6.45, 7) is 9.07. The number of hydrogen-bond acceptors (Lipinski definition) is 5. The predicted molar refractivity (Wildman–Crippen MR) is 84.6 cm³/mol. The monoisotopic (exact) mass is 301 g/mol. The molecule has 0 bridgehead atoms. The smallest absolute Gasteiger partial charge is 0.155 e. The Morgan fingerprint density at radius 2 is 2.05 bits per heavy atom. The fourth-order valence-corrected chi connectivity index (χ4v) is 3.17. The Kier molecular flexibility index (Phi) is 3.73. The van der Waals surface area contributed by atoms with Crippen LogP contribution in [0.3, 0.4) is 0 Å². The molecule has 0 aromatic carbocycles. The van der Waals surface area contributed by atoms with E-state index in [1.807, 2.05) is 29.9 Å². The van der Waals surface area contributed by atoms with Gasteiger partial charge in [0.2, 0.25) is 0 Å². The van der Waals surface area contributed by atoms with Crippen molar-refractivity contribution in [2.45, 2.75) is 40.3 Å². The summed E-state index contributed by atoms with van der Waals surface area (Å²) in [7, 11) is 0. The molecule has 1 N–H and O–H groups in total. The Bertz CT molecular complexity index is 774. The second-order valence-electron chi connectivity index (χ2n) is 5.32. The highest BCUT2D eigenvalue weighted by molar-refractivity contribution is 7.11. The van der Waals surface area contributed by atoms with Gasteiger partial charge in [0.05, 0.1) is 5.69 Å². The molecule has 0 spiro atoms. The number of aryl methyl sites for hydroxylation is 3. The van der Waals surface area contributed by atoms with Crippen molar-refractivity contribution in [2.24, 2.45) is 0 Å². The topological polar surface area (TPSA) is 55.1 Å². The molecule has 21 heavy (non-hydrogen) atoms. The lowest BCUT2D eigenvalue weighted by atomic mass is 10.1.